The topological polar surface area (TPSA) is 60.7 Å². The molecule has 26 heavy (non-hydrogen) atoms. The maximum absolute atomic E-state index is 12.6. The van der Waals surface area contributed by atoms with Crippen LogP contribution in [0, 0.1) is 0 Å². The Hall–Kier alpha value is -2.66. The minimum Gasteiger partial charge on any atom is -0.493 e. The van der Waals surface area contributed by atoms with Crippen LogP contribution in [0.4, 0.5) is 0 Å². The molecule has 0 saturated heterocycles. The number of hydrogen-bond donors (Lipinski definition) is 1. The summed E-state index contributed by atoms with van der Waals surface area (Å²) in [4.78, 5) is 12.6. The number of rotatable bonds is 6. The third-order valence-electron chi connectivity index (χ3n) is 4.00. The summed E-state index contributed by atoms with van der Waals surface area (Å²) in [5.41, 5.74) is 1.17. The van der Waals surface area contributed by atoms with Crippen molar-refractivity contribution in [3.05, 3.63) is 58.8 Å². The van der Waals surface area contributed by atoms with Crippen molar-refractivity contribution in [2.45, 2.75) is 19.9 Å². The van der Waals surface area contributed by atoms with Crippen molar-refractivity contribution in [3.63, 3.8) is 0 Å². The number of hydrogen-bond acceptors (Lipinski definition) is 4. The molecule has 1 heterocycles. The number of carbonyl (C=O) groups is 1. The summed E-state index contributed by atoms with van der Waals surface area (Å²) in [6.45, 7) is 4.17. The van der Waals surface area contributed by atoms with Crippen molar-refractivity contribution < 1.29 is 18.7 Å². The van der Waals surface area contributed by atoms with Gasteiger partial charge in [-0.1, -0.05) is 29.8 Å². The Labute approximate surface area is 156 Å². The van der Waals surface area contributed by atoms with Gasteiger partial charge in [-0.15, -0.1) is 0 Å². The van der Waals surface area contributed by atoms with Gasteiger partial charge in [0.2, 0.25) is 0 Å². The molecule has 0 aliphatic carbocycles. The molecule has 3 rings (SSSR count). The van der Waals surface area contributed by atoms with Gasteiger partial charge in [0.1, 0.15) is 11.3 Å². The van der Waals surface area contributed by atoms with E-state index in [2.05, 4.69) is 5.32 Å². The van der Waals surface area contributed by atoms with Gasteiger partial charge in [-0.25, -0.2) is 0 Å². The molecule has 6 heteroatoms. The molecule has 1 N–H and O–H groups in total. The van der Waals surface area contributed by atoms with Gasteiger partial charge in [0.25, 0.3) is 5.91 Å². The van der Waals surface area contributed by atoms with E-state index in [9.17, 15) is 4.79 Å². The van der Waals surface area contributed by atoms with Gasteiger partial charge < -0.3 is 19.2 Å². The van der Waals surface area contributed by atoms with Gasteiger partial charge >= 0.3 is 0 Å². The molecule has 5 nitrogen and oxygen atoms in total. The van der Waals surface area contributed by atoms with Crippen LogP contribution in [-0.2, 0) is 0 Å². The van der Waals surface area contributed by atoms with Crippen LogP contribution in [-0.4, -0.2) is 19.6 Å². The largest absolute Gasteiger partial charge is 0.493 e. The predicted molar refractivity (Wildman–Crippen MR) is 101 cm³/mol. The van der Waals surface area contributed by atoms with E-state index in [1.807, 2.05) is 44.2 Å². The van der Waals surface area contributed by atoms with E-state index in [1.54, 1.807) is 12.1 Å². The summed E-state index contributed by atoms with van der Waals surface area (Å²) in [5.74, 6) is 1.25. The fraction of sp³-hybridized carbons (Fsp3) is 0.250. The number of fused-ring (bicyclic) bond motifs is 1. The van der Waals surface area contributed by atoms with Crippen molar-refractivity contribution in [1.29, 1.82) is 0 Å². The standard InChI is InChI=1S/C20H20ClNO4/c1-4-25-19-15(21)9-14(11-18(19)24-3)20(23)22-12(2)17-10-13-7-5-6-8-16(13)26-17/h5-12H,4H2,1-3H3,(H,22,23). The molecular formula is C20H20ClNO4. The van der Waals surface area contributed by atoms with E-state index < -0.39 is 0 Å². The number of benzene rings is 2. The van der Waals surface area contributed by atoms with Crippen molar-refractivity contribution in [2.24, 2.45) is 0 Å². The van der Waals surface area contributed by atoms with E-state index in [-0.39, 0.29) is 11.9 Å². The highest BCUT2D eigenvalue weighted by molar-refractivity contribution is 6.32. The maximum atomic E-state index is 12.6. The summed E-state index contributed by atoms with van der Waals surface area (Å²) in [6.07, 6.45) is 0. The van der Waals surface area contributed by atoms with Gasteiger partial charge in [0, 0.05) is 10.9 Å². The van der Waals surface area contributed by atoms with Crippen LogP contribution in [0.2, 0.25) is 5.02 Å². The average Bonchev–Trinajstić information content (AvgIpc) is 3.07. The smallest absolute Gasteiger partial charge is 0.252 e. The normalized spacial score (nSPS) is 12.0. The van der Waals surface area contributed by atoms with Gasteiger partial charge in [0.15, 0.2) is 11.5 Å². The third kappa shape index (κ3) is 3.63. The van der Waals surface area contributed by atoms with Gasteiger partial charge in [0.05, 0.1) is 24.8 Å². The van der Waals surface area contributed by atoms with E-state index in [1.165, 1.54) is 7.11 Å². The Morgan fingerprint density at radius 1 is 1.27 bits per heavy atom. The summed E-state index contributed by atoms with van der Waals surface area (Å²) in [7, 11) is 1.51. The molecule has 3 aromatic rings. The second-order valence-electron chi connectivity index (χ2n) is 5.80. The lowest BCUT2D eigenvalue weighted by molar-refractivity contribution is 0.0935. The van der Waals surface area contributed by atoms with Crippen molar-refractivity contribution in [2.75, 3.05) is 13.7 Å². The number of ether oxygens (including phenoxy) is 2. The molecule has 0 aliphatic heterocycles. The first-order valence-corrected chi connectivity index (χ1v) is 8.71. The number of para-hydroxylation sites is 1. The van der Waals surface area contributed by atoms with E-state index in [0.29, 0.717) is 34.5 Å². The first kappa shape index (κ1) is 18.1. The predicted octanol–water partition coefficient (Wildman–Crippen LogP) is 4.98. The highest BCUT2D eigenvalue weighted by Gasteiger charge is 2.19. The molecule has 0 fully saturated rings. The lowest BCUT2D eigenvalue weighted by Gasteiger charge is -2.15. The van der Waals surface area contributed by atoms with Crippen LogP contribution in [0.5, 0.6) is 11.5 Å². The quantitative estimate of drug-likeness (QED) is 0.661. The Morgan fingerprint density at radius 3 is 2.73 bits per heavy atom. The van der Waals surface area contributed by atoms with E-state index in [4.69, 9.17) is 25.5 Å². The first-order valence-electron chi connectivity index (χ1n) is 8.33. The average molecular weight is 374 g/mol. The molecule has 1 atom stereocenters. The van der Waals surface area contributed by atoms with Gasteiger partial charge in [-0.2, -0.15) is 0 Å². The summed E-state index contributed by atoms with van der Waals surface area (Å²) in [6, 6.07) is 12.5. The van der Waals surface area contributed by atoms with Gasteiger partial charge in [-0.05, 0) is 38.1 Å². The summed E-state index contributed by atoms with van der Waals surface area (Å²) < 4.78 is 16.6. The molecule has 136 valence electrons. The van der Waals surface area contributed by atoms with Crippen molar-refractivity contribution >= 4 is 28.5 Å². The summed E-state index contributed by atoms with van der Waals surface area (Å²) >= 11 is 6.24. The highest BCUT2D eigenvalue weighted by Crippen LogP contribution is 2.36. The van der Waals surface area contributed by atoms with Crippen LogP contribution in [0.3, 0.4) is 0 Å². The zero-order valence-corrected chi connectivity index (χ0v) is 15.6. The molecule has 0 aliphatic rings. The fourth-order valence-corrected chi connectivity index (χ4v) is 2.97. The fourth-order valence-electron chi connectivity index (χ4n) is 2.70. The maximum Gasteiger partial charge on any atom is 0.252 e. The second-order valence-corrected chi connectivity index (χ2v) is 6.21. The van der Waals surface area contributed by atoms with Crippen LogP contribution < -0.4 is 14.8 Å². The SMILES string of the molecule is CCOc1c(Cl)cc(C(=O)NC(C)c2cc3ccccc3o2)cc1OC. The first-order chi connectivity index (χ1) is 12.5. The molecule has 0 saturated carbocycles. The molecule has 0 spiro atoms. The van der Waals surface area contributed by atoms with Crippen molar-refractivity contribution in [1.82, 2.24) is 5.32 Å². The van der Waals surface area contributed by atoms with Crippen LogP contribution >= 0.6 is 11.6 Å². The highest BCUT2D eigenvalue weighted by atomic mass is 35.5. The minimum absolute atomic E-state index is 0.277. The molecule has 1 amide bonds. The van der Waals surface area contributed by atoms with Crippen LogP contribution in [0.1, 0.15) is 36.0 Å². The Morgan fingerprint density at radius 2 is 2.04 bits per heavy atom. The third-order valence-corrected chi connectivity index (χ3v) is 4.28. The monoisotopic (exact) mass is 373 g/mol. The zero-order valence-electron chi connectivity index (χ0n) is 14.8. The van der Waals surface area contributed by atoms with Crippen LogP contribution in [0.25, 0.3) is 11.0 Å². The van der Waals surface area contributed by atoms with E-state index in [0.717, 1.165) is 11.0 Å². The van der Waals surface area contributed by atoms with E-state index >= 15 is 0 Å². The van der Waals surface area contributed by atoms with Crippen molar-refractivity contribution in [3.8, 4) is 11.5 Å². The number of halogens is 1. The minimum atomic E-state index is -0.300. The van der Waals surface area contributed by atoms with Crippen LogP contribution in [0.15, 0.2) is 46.9 Å². The zero-order chi connectivity index (χ0) is 18.7. The molecule has 1 aromatic heterocycles. The number of furan rings is 1. The number of nitrogens with one attached hydrogen (secondary N) is 1. The molecule has 0 radical (unpaired) electrons. The lowest BCUT2D eigenvalue weighted by Crippen LogP contribution is -2.26. The number of methoxy groups -OCH3 is 1. The molecule has 0 bridgehead atoms. The molecule has 2 aromatic carbocycles. The Kier molecular flexibility index (Phi) is 5.38. The molecule has 1 unspecified atom stereocenters. The Balaban J connectivity index is 1.81. The van der Waals surface area contributed by atoms with Gasteiger partial charge in [-0.3, -0.25) is 4.79 Å². The second kappa shape index (κ2) is 7.70. The number of carbonyl (C=O) groups excluding carboxylic acids is 1. The summed E-state index contributed by atoms with van der Waals surface area (Å²) in [5, 5.41) is 4.24. The number of amides is 1. The Bertz CT molecular complexity index is 902. The molecular weight excluding hydrogens is 354 g/mol. The lowest BCUT2D eigenvalue weighted by atomic mass is 10.1.